The van der Waals surface area contributed by atoms with E-state index in [4.69, 9.17) is 14.2 Å². The highest BCUT2D eigenvalue weighted by Gasteiger charge is 2.19. The van der Waals surface area contributed by atoms with Gasteiger partial charge in [-0.2, -0.15) is 0 Å². The van der Waals surface area contributed by atoms with Gasteiger partial charge in [-0.05, 0) is 96.3 Å². The first-order valence-electron chi connectivity index (χ1n) is 26.8. The summed E-state index contributed by atoms with van der Waals surface area (Å²) in [5.74, 6) is -0.973. The molecule has 0 N–H and O–H groups in total. The van der Waals surface area contributed by atoms with Crippen LogP contribution in [0.5, 0.6) is 0 Å². The van der Waals surface area contributed by atoms with Gasteiger partial charge in [0.15, 0.2) is 6.10 Å². The number of carbonyl (C=O) groups excluding carboxylic acids is 3. The highest BCUT2D eigenvalue weighted by molar-refractivity contribution is 5.71. The van der Waals surface area contributed by atoms with Crippen LogP contribution < -0.4 is 0 Å². The highest BCUT2D eigenvalue weighted by Crippen LogP contribution is 2.13. The van der Waals surface area contributed by atoms with Gasteiger partial charge in [0, 0.05) is 19.3 Å². The van der Waals surface area contributed by atoms with Gasteiger partial charge in [0.2, 0.25) is 0 Å². The van der Waals surface area contributed by atoms with Crippen molar-refractivity contribution in [3.05, 3.63) is 134 Å². The number of carbonyl (C=O) groups is 3. The molecule has 67 heavy (non-hydrogen) atoms. The maximum atomic E-state index is 12.8. The number of hydrogen-bond donors (Lipinski definition) is 0. The lowest BCUT2D eigenvalue weighted by Crippen LogP contribution is -2.30. The molecule has 0 fully saturated rings. The molecule has 0 rings (SSSR count). The van der Waals surface area contributed by atoms with Crippen molar-refractivity contribution in [1.29, 1.82) is 0 Å². The van der Waals surface area contributed by atoms with E-state index in [1.165, 1.54) is 32.1 Å². The van der Waals surface area contributed by atoms with Crippen LogP contribution in [-0.4, -0.2) is 37.2 Å². The summed E-state index contributed by atoms with van der Waals surface area (Å²) >= 11 is 0. The Kier molecular flexibility index (Phi) is 50.6. The Bertz CT molecular complexity index is 1480. The predicted molar refractivity (Wildman–Crippen MR) is 288 cm³/mol. The van der Waals surface area contributed by atoms with Crippen LogP contribution in [-0.2, 0) is 28.6 Å². The topological polar surface area (TPSA) is 78.9 Å². The summed E-state index contributed by atoms with van der Waals surface area (Å²) in [4.78, 5) is 38.1. The summed E-state index contributed by atoms with van der Waals surface area (Å²) in [7, 11) is 0. The van der Waals surface area contributed by atoms with Gasteiger partial charge < -0.3 is 14.2 Å². The third-order valence-electron chi connectivity index (χ3n) is 10.8. The van der Waals surface area contributed by atoms with E-state index in [2.05, 4.69) is 130 Å². The van der Waals surface area contributed by atoms with Crippen molar-refractivity contribution in [2.75, 3.05) is 13.2 Å². The van der Waals surface area contributed by atoms with E-state index in [0.29, 0.717) is 19.3 Å². The maximum Gasteiger partial charge on any atom is 0.306 e. The fourth-order valence-corrected chi connectivity index (χ4v) is 6.83. The van der Waals surface area contributed by atoms with E-state index in [1.807, 2.05) is 24.3 Å². The molecule has 0 aromatic rings. The minimum Gasteiger partial charge on any atom is -0.462 e. The summed E-state index contributed by atoms with van der Waals surface area (Å²) in [5.41, 5.74) is 0. The van der Waals surface area contributed by atoms with Crippen LogP contribution in [0, 0.1) is 0 Å². The lowest BCUT2D eigenvalue weighted by Gasteiger charge is -2.18. The molecular formula is C61H96O6. The molecule has 6 heteroatoms. The van der Waals surface area contributed by atoms with Gasteiger partial charge in [0.1, 0.15) is 13.2 Å². The normalized spacial score (nSPS) is 13.2. The van der Waals surface area contributed by atoms with Crippen LogP contribution in [0.15, 0.2) is 134 Å². The molecule has 0 aliphatic carbocycles. The van der Waals surface area contributed by atoms with E-state index in [-0.39, 0.29) is 31.1 Å². The smallest absolute Gasteiger partial charge is 0.306 e. The van der Waals surface area contributed by atoms with E-state index >= 15 is 0 Å². The van der Waals surface area contributed by atoms with Crippen molar-refractivity contribution >= 4 is 17.9 Å². The molecule has 0 aliphatic heterocycles. The zero-order valence-corrected chi connectivity index (χ0v) is 42.9. The summed E-state index contributed by atoms with van der Waals surface area (Å²) in [6.07, 6.45) is 75.7. The summed E-state index contributed by atoms with van der Waals surface area (Å²) in [6, 6.07) is 0. The third kappa shape index (κ3) is 52.4. The molecule has 0 radical (unpaired) electrons. The molecule has 0 spiro atoms. The standard InChI is InChI=1S/C61H96O6/c1-4-7-10-13-16-19-22-25-28-30-31-34-36-39-42-45-48-51-54-60(63)66-57-58(56-65-59(62)53-50-47-44-41-38-35-32-27-24-21-18-15-12-9-6-3)67-61(64)55-52-49-46-43-40-37-33-29-26-23-20-17-14-11-8-5-2/h8-9,11-12,15-22,24-32,34,58H,4-7,10,13-14,23,33,35-57H2,1-3H3/b11-8-,12-9-,18-15-,19-16-,20-17-,24-21-,25-22-,29-26-,30-28-,32-27-,34-31-. The predicted octanol–water partition coefficient (Wildman–Crippen LogP) is 17.9. The maximum absolute atomic E-state index is 12.8. The third-order valence-corrected chi connectivity index (χ3v) is 10.8. The Morgan fingerprint density at radius 2 is 0.657 bits per heavy atom. The van der Waals surface area contributed by atoms with Crippen molar-refractivity contribution < 1.29 is 28.6 Å². The van der Waals surface area contributed by atoms with Crippen LogP contribution in [0.3, 0.4) is 0 Å². The van der Waals surface area contributed by atoms with E-state index < -0.39 is 6.10 Å². The Labute approximate surface area is 411 Å². The largest absolute Gasteiger partial charge is 0.462 e. The number of hydrogen-bond acceptors (Lipinski definition) is 6. The van der Waals surface area contributed by atoms with Crippen molar-refractivity contribution in [2.45, 2.75) is 219 Å². The average Bonchev–Trinajstić information content (AvgIpc) is 3.33. The Hall–Kier alpha value is -4.45. The van der Waals surface area contributed by atoms with Gasteiger partial charge in [0.25, 0.3) is 0 Å². The first-order chi connectivity index (χ1) is 33.0. The van der Waals surface area contributed by atoms with Crippen LogP contribution >= 0.6 is 0 Å². The van der Waals surface area contributed by atoms with Gasteiger partial charge in [-0.3, -0.25) is 14.4 Å². The molecule has 0 aromatic carbocycles. The van der Waals surface area contributed by atoms with Gasteiger partial charge in [0.05, 0.1) is 0 Å². The molecule has 0 aromatic heterocycles. The summed E-state index contributed by atoms with van der Waals surface area (Å²) in [6.45, 7) is 6.28. The van der Waals surface area contributed by atoms with Gasteiger partial charge >= 0.3 is 17.9 Å². The Balaban J connectivity index is 4.53. The average molecular weight is 925 g/mol. The molecule has 0 aliphatic rings. The molecule has 1 atom stereocenters. The lowest BCUT2D eigenvalue weighted by molar-refractivity contribution is -0.167. The second-order valence-corrected chi connectivity index (χ2v) is 17.2. The second-order valence-electron chi connectivity index (χ2n) is 17.2. The minimum absolute atomic E-state index is 0.109. The van der Waals surface area contributed by atoms with Crippen LogP contribution in [0.1, 0.15) is 213 Å². The second kappa shape index (κ2) is 54.2. The fraction of sp³-hybridized carbons (Fsp3) is 0.590. The van der Waals surface area contributed by atoms with Crippen molar-refractivity contribution in [2.24, 2.45) is 0 Å². The first-order valence-corrected chi connectivity index (χ1v) is 26.8. The fourth-order valence-electron chi connectivity index (χ4n) is 6.83. The van der Waals surface area contributed by atoms with Crippen molar-refractivity contribution in [3.8, 4) is 0 Å². The molecule has 0 saturated heterocycles. The monoisotopic (exact) mass is 925 g/mol. The quantitative estimate of drug-likeness (QED) is 0.0199. The first kappa shape index (κ1) is 62.5. The molecule has 0 saturated carbocycles. The molecule has 1 unspecified atom stereocenters. The van der Waals surface area contributed by atoms with Gasteiger partial charge in [-0.25, -0.2) is 0 Å². The Morgan fingerprint density at radius 1 is 0.328 bits per heavy atom. The highest BCUT2D eigenvalue weighted by atomic mass is 16.6. The Morgan fingerprint density at radius 3 is 1.09 bits per heavy atom. The number of allylic oxidation sites excluding steroid dienone is 22. The van der Waals surface area contributed by atoms with Crippen molar-refractivity contribution in [1.82, 2.24) is 0 Å². The zero-order valence-electron chi connectivity index (χ0n) is 42.9. The molecule has 6 nitrogen and oxygen atoms in total. The van der Waals surface area contributed by atoms with Crippen molar-refractivity contribution in [3.63, 3.8) is 0 Å². The van der Waals surface area contributed by atoms with E-state index in [0.717, 1.165) is 141 Å². The SMILES string of the molecule is CC\C=C/C=C\C=C/C=C\CCCCCCCC(=O)OCC(COC(=O)CCCCCCC\C=C/C=C\C=C/C=C\CCCCC)OC(=O)CCCCCCCC/C=C\C/C=C\C/C=C\CC. The molecule has 0 heterocycles. The molecule has 0 bridgehead atoms. The number of rotatable bonds is 46. The number of unbranched alkanes of at least 4 members (excludes halogenated alkanes) is 19. The van der Waals surface area contributed by atoms with Crippen LogP contribution in [0.2, 0.25) is 0 Å². The summed E-state index contributed by atoms with van der Waals surface area (Å²) < 4.78 is 16.8. The number of esters is 3. The molecule has 0 amide bonds. The molecule has 376 valence electrons. The number of ether oxygens (including phenoxy) is 3. The minimum atomic E-state index is -0.810. The van der Waals surface area contributed by atoms with Crippen LogP contribution in [0.4, 0.5) is 0 Å². The molecular weight excluding hydrogens is 829 g/mol. The lowest BCUT2D eigenvalue weighted by atomic mass is 10.1. The summed E-state index contributed by atoms with van der Waals surface area (Å²) in [5, 5.41) is 0. The van der Waals surface area contributed by atoms with E-state index in [1.54, 1.807) is 0 Å². The van der Waals surface area contributed by atoms with Gasteiger partial charge in [-0.1, -0.05) is 231 Å². The van der Waals surface area contributed by atoms with Crippen LogP contribution in [0.25, 0.3) is 0 Å². The van der Waals surface area contributed by atoms with Gasteiger partial charge in [-0.15, -0.1) is 0 Å². The van der Waals surface area contributed by atoms with E-state index in [9.17, 15) is 14.4 Å². The zero-order chi connectivity index (χ0) is 48.6.